The lowest BCUT2D eigenvalue weighted by Gasteiger charge is -2.32. The Hall–Kier alpha value is -1.33. The molecule has 2 rings (SSSR count). The fraction of sp³-hybridized carbons (Fsp3) is 0.600. The van der Waals surface area contributed by atoms with E-state index in [4.69, 9.17) is 11.6 Å². The molecule has 0 aromatic carbocycles. The number of hydrogen-bond donors (Lipinski definition) is 2. The first-order valence-electron chi connectivity index (χ1n) is 7.51. The van der Waals surface area contributed by atoms with Crippen molar-refractivity contribution >= 4 is 23.3 Å². The van der Waals surface area contributed by atoms with Gasteiger partial charge in [-0.1, -0.05) is 18.5 Å². The van der Waals surface area contributed by atoms with Crippen LogP contribution in [0.5, 0.6) is 0 Å². The van der Waals surface area contributed by atoms with E-state index in [-0.39, 0.29) is 11.9 Å². The lowest BCUT2D eigenvalue weighted by molar-refractivity contribution is 0.0911. The van der Waals surface area contributed by atoms with Crippen LogP contribution in [0.15, 0.2) is 12.1 Å². The van der Waals surface area contributed by atoms with Crippen LogP contribution in [0.25, 0.3) is 0 Å². The minimum absolute atomic E-state index is 0.0789. The number of aromatic nitrogens is 1. The van der Waals surface area contributed by atoms with Crippen molar-refractivity contribution in [2.24, 2.45) is 0 Å². The van der Waals surface area contributed by atoms with Crippen molar-refractivity contribution in [1.82, 2.24) is 15.2 Å². The van der Waals surface area contributed by atoms with Crippen molar-refractivity contribution in [2.75, 3.05) is 32.0 Å². The molecule has 0 unspecified atom stereocenters. The predicted molar refractivity (Wildman–Crippen MR) is 86.0 cm³/mol. The van der Waals surface area contributed by atoms with Crippen LogP contribution in [0.1, 0.15) is 36.5 Å². The van der Waals surface area contributed by atoms with Gasteiger partial charge in [-0.05, 0) is 37.9 Å². The van der Waals surface area contributed by atoms with E-state index in [0.29, 0.717) is 16.5 Å². The number of anilines is 1. The summed E-state index contributed by atoms with van der Waals surface area (Å²) in [5, 5.41) is 6.32. The van der Waals surface area contributed by atoms with Crippen LogP contribution in [0, 0.1) is 0 Å². The molecule has 2 N–H and O–H groups in total. The normalized spacial score (nSPS) is 16.7. The van der Waals surface area contributed by atoms with Gasteiger partial charge in [-0.15, -0.1) is 0 Å². The third-order valence-electron chi connectivity index (χ3n) is 3.78. The Morgan fingerprint density at radius 3 is 2.76 bits per heavy atom. The van der Waals surface area contributed by atoms with E-state index in [1.807, 2.05) is 0 Å². The third kappa shape index (κ3) is 4.58. The summed E-state index contributed by atoms with van der Waals surface area (Å²) in [6, 6.07) is 3.56. The fourth-order valence-corrected chi connectivity index (χ4v) is 2.85. The number of piperidine rings is 1. The van der Waals surface area contributed by atoms with Crippen LogP contribution in [-0.4, -0.2) is 48.5 Å². The summed E-state index contributed by atoms with van der Waals surface area (Å²) in [5.41, 5.74) is 0.551. The van der Waals surface area contributed by atoms with Gasteiger partial charge in [0, 0.05) is 31.7 Å². The second kappa shape index (κ2) is 7.61. The van der Waals surface area contributed by atoms with Crippen LogP contribution < -0.4 is 10.6 Å². The number of rotatable bonds is 5. The van der Waals surface area contributed by atoms with E-state index in [0.717, 1.165) is 32.5 Å². The Balaban J connectivity index is 1.92. The summed E-state index contributed by atoms with van der Waals surface area (Å²) in [6.45, 7) is 5.45. The quantitative estimate of drug-likeness (QED) is 0.820. The van der Waals surface area contributed by atoms with Gasteiger partial charge in [0.05, 0.1) is 0 Å². The molecule has 5 nitrogen and oxygen atoms in total. The number of pyridine rings is 1. The SMILES string of the molecule is CCCN1CCC(NC(=O)c2cc(Cl)nc(NC)c2)CC1. The molecule has 2 heterocycles. The fourth-order valence-electron chi connectivity index (χ4n) is 2.64. The molecule has 1 fully saturated rings. The van der Waals surface area contributed by atoms with Crippen LogP contribution in [0.3, 0.4) is 0 Å². The van der Waals surface area contributed by atoms with E-state index in [1.54, 1.807) is 19.2 Å². The molecule has 0 saturated carbocycles. The van der Waals surface area contributed by atoms with E-state index in [9.17, 15) is 4.79 Å². The standard InChI is InChI=1S/C15H23ClN4O/c1-3-6-20-7-4-12(5-8-20)18-15(21)11-9-13(16)19-14(10-11)17-2/h9-10,12H,3-8H2,1-2H3,(H,17,19)(H,18,21). The van der Waals surface area contributed by atoms with Crippen LogP contribution in [0.4, 0.5) is 5.82 Å². The molecule has 0 aliphatic carbocycles. The van der Waals surface area contributed by atoms with Crippen LogP contribution in [0.2, 0.25) is 5.15 Å². The van der Waals surface area contributed by atoms with E-state index in [1.165, 1.54) is 6.42 Å². The first-order chi connectivity index (χ1) is 10.1. The first kappa shape index (κ1) is 16.0. The average molecular weight is 311 g/mol. The van der Waals surface area contributed by atoms with Crippen LogP contribution in [-0.2, 0) is 0 Å². The molecule has 116 valence electrons. The highest BCUT2D eigenvalue weighted by atomic mass is 35.5. The van der Waals surface area contributed by atoms with Crippen molar-refractivity contribution in [3.8, 4) is 0 Å². The largest absolute Gasteiger partial charge is 0.373 e. The van der Waals surface area contributed by atoms with Crippen molar-refractivity contribution < 1.29 is 4.79 Å². The van der Waals surface area contributed by atoms with Gasteiger partial charge in [-0.3, -0.25) is 4.79 Å². The number of nitrogens with one attached hydrogen (secondary N) is 2. The van der Waals surface area contributed by atoms with Gasteiger partial charge in [0.2, 0.25) is 0 Å². The van der Waals surface area contributed by atoms with E-state index in [2.05, 4.69) is 27.4 Å². The molecule has 0 bridgehead atoms. The predicted octanol–water partition coefficient (Wildman–Crippen LogP) is 2.38. The lowest BCUT2D eigenvalue weighted by Crippen LogP contribution is -2.44. The molecule has 1 aromatic rings. The molecular formula is C15H23ClN4O. The van der Waals surface area contributed by atoms with Gasteiger partial charge in [0.15, 0.2) is 0 Å². The third-order valence-corrected chi connectivity index (χ3v) is 3.97. The van der Waals surface area contributed by atoms with E-state index < -0.39 is 0 Å². The van der Waals surface area contributed by atoms with Crippen LogP contribution >= 0.6 is 11.6 Å². The molecule has 1 aromatic heterocycles. The molecule has 0 atom stereocenters. The summed E-state index contributed by atoms with van der Waals surface area (Å²) in [7, 11) is 1.75. The van der Waals surface area contributed by atoms with Gasteiger partial charge in [0.25, 0.3) is 5.91 Å². The Morgan fingerprint density at radius 1 is 1.43 bits per heavy atom. The molecule has 0 radical (unpaired) electrons. The highest BCUT2D eigenvalue weighted by Gasteiger charge is 2.21. The Kier molecular flexibility index (Phi) is 5.82. The molecular weight excluding hydrogens is 288 g/mol. The number of hydrogen-bond acceptors (Lipinski definition) is 4. The maximum absolute atomic E-state index is 12.3. The number of halogens is 1. The maximum atomic E-state index is 12.3. The smallest absolute Gasteiger partial charge is 0.251 e. The maximum Gasteiger partial charge on any atom is 0.251 e. The van der Waals surface area contributed by atoms with Gasteiger partial charge in [-0.25, -0.2) is 4.98 Å². The molecule has 6 heteroatoms. The summed E-state index contributed by atoms with van der Waals surface area (Å²) >= 11 is 5.93. The Morgan fingerprint density at radius 2 is 2.14 bits per heavy atom. The number of likely N-dealkylation sites (tertiary alicyclic amines) is 1. The zero-order valence-corrected chi connectivity index (χ0v) is 13.4. The van der Waals surface area contributed by atoms with Crippen molar-refractivity contribution in [2.45, 2.75) is 32.2 Å². The monoisotopic (exact) mass is 310 g/mol. The number of carbonyl (C=O) groups excluding carboxylic acids is 1. The highest BCUT2D eigenvalue weighted by Crippen LogP contribution is 2.16. The second-order valence-electron chi connectivity index (χ2n) is 5.40. The summed E-state index contributed by atoms with van der Waals surface area (Å²) < 4.78 is 0. The van der Waals surface area contributed by atoms with E-state index >= 15 is 0 Å². The van der Waals surface area contributed by atoms with Gasteiger partial charge < -0.3 is 15.5 Å². The summed E-state index contributed by atoms with van der Waals surface area (Å²) in [5.74, 6) is 0.523. The Labute approximate surface area is 131 Å². The lowest BCUT2D eigenvalue weighted by atomic mass is 10.0. The first-order valence-corrected chi connectivity index (χ1v) is 7.88. The zero-order chi connectivity index (χ0) is 15.2. The summed E-state index contributed by atoms with van der Waals surface area (Å²) in [6.07, 6.45) is 3.19. The highest BCUT2D eigenvalue weighted by molar-refractivity contribution is 6.29. The molecule has 0 spiro atoms. The van der Waals surface area contributed by atoms with Crippen molar-refractivity contribution in [3.63, 3.8) is 0 Å². The average Bonchev–Trinajstić information content (AvgIpc) is 2.48. The zero-order valence-electron chi connectivity index (χ0n) is 12.7. The van der Waals surface area contributed by atoms with Crippen molar-refractivity contribution in [3.05, 3.63) is 22.8 Å². The van der Waals surface area contributed by atoms with Crippen molar-refractivity contribution in [1.29, 1.82) is 0 Å². The molecule has 21 heavy (non-hydrogen) atoms. The van der Waals surface area contributed by atoms with Gasteiger partial charge >= 0.3 is 0 Å². The minimum atomic E-state index is -0.0789. The molecule has 1 amide bonds. The van der Waals surface area contributed by atoms with Gasteiger partial charge in [0.1, 0.15) is 11.0 Å². The molecule has 1 aliphatic rings. The number of carbonyl (C=O) groups is 1. The van der Waals surface area contributed by atoms with Gasteiger partial charge in [-0.2, -0.15) is 0 Å². The summed E-state index contributed by atoms with van der Waals surface area (Å²) in [4.78, 5) is 18.8. The number of nitrogens with zero attached hydrogens (tertiary/aromatic N) is 2. The molecule has 1 saturated heterocycles. The number of amides is 1. The topological polar surface area (TPSA) is 57.3 Å². The molecule has 1 aliphatic heterocycles. The second-order valence-corrected chi connectivity index (χ2v) is 5.79. The Bertz CT molecular complexity index is 487. The minimum Gasteiger partial charge on any atom is -0.373 e.